The van der Waals surface area contributed by atoms with Crippen LogP contribution in [0.25, 0.3) is 0 Å². The summed E-state index contributed by atoms with van der Waals surface area (Å²) in [6.07, 6.45) is 1.04. The van der Waals surface area contributed by atoms with E-state index in [1.807, 2.05) is 27.7 Å². The first kappa shape index (κ1) is 23.2. The molecule has 0 aromatic heterocycles. The minimum atomic E-state index is -0.496. The zero-order chi connectivity index (χ0) is 19.3. The fraction of sp³-hybridized carbons (Fsp3) is 0.824. The van der Waals surface area contributed by atoms with Crippen LogP contribution in [-0.4, -0.2) is 75.3 Å². The Balaban J connectivity index is 4.39. The minimum absolute atomic E-state index is 0.0419. The molecule has 8 nitrogen and oxygen atoms in total. The lowest BCUT2D eigenvalue weighted by Gasteiger charge is -2.19. The van der Waals surface area contributed by atoms with Gasteiger partial charge in [-0.25, -0.2) is 4.99 Å². The molecule has 0 atom stereocenters. The summed E-state index contributed by atoms with van der Waals surface area (Å²) in [5.74, 6) is 0.123. The summed E-state index contributed by atoms with van der Waals surface area (Å²) < 4.78 is 10.5. The number of likely N-dealkylation sites (N-methyl/N-ethyl adjacent to an activating group) is 1. The fourth-order valence-corrected chi connectivity index (χ4v) is 1.66. The van der Waals surface area contributed by atoms with Crippen molar-refractivity contribution < 1.29 is 19.1 Å². The SMILES string of the molecule is CCOCCCNC(=NCC(=O)N(C)C)NCCC(=O)OC(C)(C)C. The van der Waals surface area contributed by atoms with Gasteiger partial charge in [0.25, 0.3) is 0 Å². The number of nitrogens with one attached hydrogen (secondary N) is 2. The highest BCUT2D eigenvalue weighted by Crippen LogP contribution is 2.07. The van der Waals surface area contributed by atoms with Gasteiger partial charge in [-0.15, -0.1) is 0 Å². The van der Waals surface area contributed by atoms with E-state index in [4.69, 9.17) is 9.47 Å². The zero-order valence-corrected chi connectivity index (χ0v) is 16.5. The monoisotopic (exact) mass is 358 g/mol. The predicted molar refractivity (Wildman–Crippen MR) is 98.6 cm³/mol. The molecule has 0 rings (SSSR count). The molecule has 8 heteroatoms. The second kappa shape index (κ2) is 12.5. The number of rotatable bonds is 10. The van der Waals surface area contributed by atoms with Crippen LogP contribution in [0.5, 0.6) is 0 Å². The van der Waals surface area contributed by atoms with E-state index in [-0.39, 0.29) is 24.8 Å². The van der Waals surface area contributed by atoms with Gasteiger partial charge < -0.3 is 25.0 Å². The molecule has 0 saturated carbocycles. The van der Waals surface area contributed by atoms with Crippen molar-refractivity contribution in [3.8, 4) is 0 Å². The molecule has 0 saturated heterocycles. The number of hydrogen-bond acceptors (Lipinski definition) is 5. The molecule has 2 N–H and O–H groups in total. The highest BCUT2D eigenvalue weighted by atomic mass is 16.6. The van der Waals surface area contributed by atoms with Crippen molar-refractivity contribution in [3.05, 3.63) is 0 Å². The predicted octanol–water partition coefficient (Wildman–Crippen LogP) is 0.768. The Morgan fingerprint density at radius 2 is 1.76 bits per heavy atom. The summed E-state index contributed by atoms with van der Waals surface area (Å²) >= 11 is 0. The molecule has 0 unspecified atom stereocenters. The highest BCUT2D eigenvalue weighted by molar-refractivity contribution is 5.85. The molecule has 0 aromatic rings. The number of hydrogen-bond donors (Lipinski definition) is 2. The molecule has 0 spiro atoms. The van der Waals surface area contributed by atoms with Crippen molar-refractivity contribution in [1.82, 2.24) is 15.5 Å². The van der Waals surface area contributed by atoms with Gasteiger partial charge in [0.2, 0.25) is 5.91 Å². The average molecular weight is 358 g/mol. The third-order valence-corrected chi connectivity index (χ3v) is 2.87. The first-order valence-corrected chi connectivity index (χ1v) is 8.67. The van der Waals surface area contributed by atoms with Crippen molar-refractivity contribution in [3.63, 3.8) is 0 Å². The van der Waals surface area contributed by atoms with E-state index in [1.54, 1.807) is 14.1 Å². The molecule has 0 aromatic carbocycles. The maximum Gasteiger partial charge on any atom is 0.308 e. The zero-order valence-electron chi connectivity index (χ0n) is 16.5. The number of guanidine groups is 1. The summed E-state index contributed by atoms with van der Waals surface area (Å²) in [4.78, 5) is 29.1. The summed E-state index contributed by atoms with van der Waals surface area (Å²) in [7, 11) is 3.37. The molecule has 1 amide bonds. The standard InChI is InChI=1S/C17H34N4O4/c1-7-24-12-8-10-18-16(20-13-14(22)21(5)6)19-11-9-15(23)25-17(2,3)4/h7-13H2,1-6H3,(H2,18,19,20). The molecule has 0 aliphatic rings. The van der Waals surface area contributed by atoms with Gasteiger partial charge in [-0.1, -0.05) is 0 Å². The lowest BCUT2D eigenvalue weighted by Crippen LogP contribution is -2.40. The van der Waals surface area contributed by atoms with Crippen LogP contribution in [0.1, 0.15) is 40.5 Å². The van der Waals surface area contributed by atoms with E-state index in [0.717, 1.165) is 6.42 Å². The minimum Gasteiger partial charge on any atom is -0.460 e. The van der Waals surface area contributed by atoms with Crippen molar-refractivity contribution in [2.75, 3.05) is 46.9 Å². The molecule has 0 radical (unpaired) electrons. The Morgan fingerprint density at radius 1 is 1.12 bits per heavy atom. The van der Waals surface area contributed by atoms with Gasteiger partial charge in [-0.2, -0.15) is 0 Å². The van der Waals surface area contributed by atoms with E-state index in [2.05, 4.69) is 15.6 Å². The Hall–Kier alpha value is -1.83. The molecule has 0 bridgehead atoms. The Morgan fingerprint density at radius 3 is 2.32 bits per heavy atom. The van der Waals surface area contributed by atoms with Crippen molar-refractivity contribution in [1.29, 1.82) is 0 Å². The molecular formula is C17H34N4O4. The summed E-state index contributed by atoms with van der Waals surface area (Å²) in [6, 6.07) is 0. The first-order valence-electron chi connectivity index (χ1n) is 8.67. The van der Waals surface area contributed by atoms with E-state index in [9.17, 15) is 9.59 Å². The van der Waals surface area contributed by atoms with Crippen molar-refractivity contribution >= 4 is 17.8 Å². The van der Waals surface area contributed by atoms with Gasteiger partial charge in [0, 0.05) is 40.4 Å². The van der Waals surface area contributed by atoms with Crippen molar-refractivity contribution in [2.45, 2.75) is 46.1 Å². The molecular weight excluding hydrogens is 324 g/mol. The smallest absolute Gasteiger partial charge is 0.308 e. The Bertz CT molecular complexity index is 431. The van der Waals surface area contributed by atoms with Crippen LogP contribution >= 0.6 is 0 Å². The third kappa shape index (κ3) is 14.2. The number of esters is 1. The van der Waals surface area contributed by atoms with Gasteiger partial charge in [-0.05, 0) is 34.1 Å². The number of ether oxygens (including phenoxy) is 2. The molecule has 25 heavy (non-hydrogen) atoms. The molecule has 0 aliphatic carbocycles. The lowest BCUT2D eigenvalue weighted by molar-refractivity contribution is -0.154. The topological polar surface area (TPSA) is 92.3 Å². The van der Waals surface area contributed by atoms with Crippen LogP contribution in [0.2, 0.25) is 0 Å². The normalized spacial score (nSPS) is 11.8. The highest BCUT2D eigenvalue weighted by Gasteiger charge is 2.15. The summed E-state index contributed by atoms with van der Waals surface area (Å²) in [6.45, 7) is 9.87. The molecule has 146 valence electrons. The van der Waals surface area contributed by atoms with E-state index < -0.39 is 5.60 Å². The number of amides is 1. The van der Waals surface area contributed by atoms with Gasteiger partial charge >= 0.3 is 5.97 Å². The summed E-state index contributed by atoms with van der Waals surface area (Å²) in [5.41, 5.74) is -0.496. The summed E-state index contributed by atoms with van der Waals surface area (Å²) in [5, 5.41) is 6.18. The maximum absolute atomic E-state index is 11.7. The molecule has 0 aliphatic heterocycles. The lowest BCUT2D eigenvalue weighted by atomic mass is 10.2. The van der Waals surface area contributed by atoms with Gasteiger partial charge in [-0.3, -0.25) is 9.59 Å². The second-order valence-corrected chi connectivity index (χ2v) is 6.69. The van der Waals surface area contributed by atoms with Gasteiger partial charge in [0.05, 0.1) is 6.42 Å². The number of nitrogens with zero attached hydrogens (tertiary/aromatic N) is 2. The van der Waals surface area contributed by atoms with Crippen LogP contribution in [0.15, 0.2) is 4.99 Å². The number of aliphatic imine (C=N–C) groups is 1. The Labute approximate surface area is 151 Å². The average Bonchev–Trinajstić information content (AvgIpc) is 2.49. The van der Waals surface area contributed by atoms with Crippen LogP contribution in [-0.2, 0) is 19.1 Å². The van der Waals surface area contributed by atoms with Gasteiger partial charge in [0.15, 0.2) is 5.96 Å². The van der Waals surface area contributed by atoms with E-state index in [1.165, 1.54) is 4.90 Å². The van der Waals surface area contributed by atoms with Crippen LogP contribution in [0, 0.1) is 0 Å². The number of carbonyl (C=O) groups excluding carboxylic acids is 2. The third-order valence-electron chi connectivity index (χ3n) is 2.87. The second-order valence-electron chi connectivity index (χ2n) is 6.69. The van der Waals surface area contributed by atoms with Gasteiger partial charge in [0.1, 0.15) is 12.1 Å². The van der Waals surface area contributed by atoms with Crippen LogP contribution < -0.4 is 10.6 Å². The largest absolute Gasteiger partial charge is 0.460 e. The van der Waals surface area contributed by atoms with E-state index in [0.29, 0.717) is 32.3 Å². The van der Waals surface area contributed by atoms with E-state index >= 15 is 0 Å². The van der Waals surface area contributed by atoms with Crippen molar-refractivity contribution in [2.24, 2.45) is 4.99 Å². The van der Waals surface area contributed by atoms with Crippen LogP contribution in [0.4, 0.5) is 0 Å². The molecule has 0 heterocycles. The quantitative estimate of drug-likeness (QED) is 0.259. The fourth-order valence-electron chi connectivity index (χ4n) is 1.66. The molecule has 0 fully saturated rings. The first-order chi connectivity index (χ1) is 11.7. The Kier molecular flexibility index (Phi) is 11.6. The number of carbonyl (C=O) groups is 2. The van der Waals surface area contributed by atoms with Crippen LogP contribution in [0.3, 0.4) is 0 Å². The maximum atomic E-state index is 11.7.